The third-order valence-corrected chi connectivity index (χ3v) is 121. The summed E-state index contributed by atoms with van der Waals surface area (Å²) >= 11 is 0. The molecule has 0 spiro atoms. The van der Waals surface area contributed by atoms with E-state index in [0.717, 1.165) is 44.3 Å². The second-order valence-corrected chi connectivity index (χ2v) is 67.0. The fraction of sp³-hybridized carbons (Fsp3) is 1.00. The maximum absolute atomic E-state index is 2.97. The fourth-order valence-electron chi connectivity index (χ4n) is 7.21. The van der Waals surface area contributed by atoms with Crippen LogP contribution in [0.25, 0.3) is 0 Å². The molecule has 0 nitrogen and oxygen atoms in total. The van der Waals surface area contributed by atoms with Crippen molar-refractivity contribution in [2.75, 3.05) is 0 Å². The predicted octanol–water partition coefficient (Wildman–Crippen LogP) is 11.0. The van der Waals surface area contributed by atoms with Crippen LogP contribution < -0.4 is 0 Å². The van der Waals surface area contributed by atoms with E-state index < -0.39 is 44.2 Å². The summed E-state index contributed by atoms with van der Waals surface area (Å²) in [5.74, 6) is 0. The van der Waals surface area contributed by atoms with E-state index in [-0.39, 0.29) is 0 Å². The minimum absolute atomic E-state index is 0.443. The summed E-state index contributed by atoms with van der Waals surface area (Å²) in [6, 6.07) is 0. The Balaban J connectivity index is 8.84. The standard InChI is InChI=1S/C28H68Si6/c1-21(2)31(17,22(3)4)29(32(18,23(5)6)24(7)8)30(33(19,25(9)10)26(11)12)34(20,27(13)14)28(15)16/h21-28H,1-20H3. The lowest BCUT2D eigenvalue weighted by atomic mass is 10.5. The molecule has 0 saturated heterocycles. The van der Waals surface area contributed by atoms with Crippen LogP contribution in [-0.4, -0.2) is 44.2 Å². The Bertz CT molecular complexity index is 539. The zero-order valence-electron chi connectivity index (χ0n) is 27.6. The van der Waals surface area contributed by atoms with Crippen LogP contribution in [0.1, 0.15) is 111 Å². The molecule has 0 N–H and O–H groups in total. The zero-order chi connectivity index (χ0) is 27.8. The summed E-state index contributed by atoms with van der Waals surface area (Å²) in [6.07, 6.45) is 0. The van der Waals surface area contributed by atoms with Crippen molar-refractivity contribution in [3.8, 4) is 0 Å². The topological polar surface area (TPSA) is 0 Å². The normalized spacial score (nSPS) is 14.8. The lowest BCUT2D eigenvalue weighted by Crippen LogP contribution is -2.77. The molecule has 0 amide bonds. The third kappa shape index (κ3) is 5.81. The molecule has 0 saturated carbocycles. The second kappa shape index (κ2) is 12.4. The van der Waals surface area contributed by atoms with Gasteiger partial charge in [-0.2, -0.15) is 0 Å². The van der Waals surface area contributed by atoms with Crippen LogP contribution in [-0.2, 0) is 0 Å². The summed E-state index contributed by atoms with van der Waals surface area (Å²) in [4.78, 5) is 0. The SMILES string of the molecule is CC(C)[Si](C)(C(C)C)[Si](=[Si]([Si](C)(C(C)C)C(C)C)[Si](C)(C(C)C)C(C)C)[Si](C)(C(C)C)C(C)C. The van der Waals surface area contributed by atoms with Crippen LogP contribution in [0.3, 0.4) is 0 Å². The number of rotatable bonds is 12. The third-order valence-electron chi connectivity index (χ3n) is 12.0. The molecule has 0 fully saturated rings. The molecule has 0 bridgehead atoms. The van der Waals surface area contributed by atoms with Crippen molar-refractivity contribution in [2.24, 2.45) is 0 Å². The van der Waals surface area contributed by atoms with Gasteiger partial charge in [-0.25, -0.2) is 0 Å². The van der Waals surface area contributed by atoms with Gasteiger partial charge in [-0.1, -0.05) is 181 Å². The van der Waals surface area contributed by atoms with Crippen molar-refractivity contribution in [1.82, 2.24) is 0 Å². The molecule has 0 heterocycles. The molecule has 0 atom stereocenters. The fourth-order valence-corrected chi connectivity index (χ4v) is 189. The molecule has 0 aromatic heterocycles. The number of hydrogen-bond donors (Lipinski definition) is 0. The van der Waals surface area contributed by atoms with Gasteiger partial charge in [0.25, 0.3) is 0 Å². The highest BCUT2D eigenvalue weighted by Gasteiger charge is 2.59. The van der Waals surface area contributed by atoms with Gasteiger partial charge >= 0.3 is 0 Å². The molecule has 0 aromatic carbocycles. The first-order valence-electron chi connectivity index (χ1n) is 14.8. The van der Waals surface area contributed by atoms with E-state index >= 15 is 0 Å². The van der Waals surface area contributed by atoms with Crippen molar-refractivity contribution < 1.29 is 0 Å². The van der Waals surface area contributed by atoms with Crippen molar-refractivity contribution in [1.29, 1.82) is 0 Å². The highest BCUT2D eigenvalue weighted by molar-refractivity contribution is 7.84. The number of hydrogen-bond acceptors (Lipinski definition) is 0. The molecule has 0 rings (SSSR count). The summed E-state index contributed by atoms with van der Waals surface area (Å²) in [5.41, 5.74) is 7.34. The second-order valence-electron chi connectivity index (χ2n) is 15.1. The van der Waals surface area contributed by atoms with E-state index in [1.807, 2.05) is 0 Å². The molecule has 0 aliphatic heterocycles. The van der Waals surface area contributed by atoms with Crippen LogP contribution in [0.15, 0.2) is 0 Å². The van der Waals surface area contributed by atoms with Crippen LogP contribution in [0, 0.1) is 0 Å². The minimum Gasteiger partial charge on any atom is -0.0688 e. The Morgan fingerprint density at radius 3 is 0.412 bits per heavy atom. The van der Waals surface area contributed by atoms with E-state index in [1.54, 1.807) is 0 Å². The lowest BCUT2D eigenvalue weighted by molar-refractivity contribution is 0.912. The minimum atomic E-state index is -1.48. The lowest BCUT2D eigenvalue weighted by Gasteiger charge is -2.58. The van der Waals surface area contributed by atoms with Gasteiger partial charge in [-0.3, -0.25) is 0 Å². The molecule has 0 aromatic rings. The van der Waals surface area contributed by atoms with Gasteiger partial charge in [0.1, 0.15) is 0 Å². The quantitative estimate of drug-likeness (QED) is 0.204. The van der Waals surface area contributed by atoms with Gasteiger partial charge in [0.2, 0.25) is 0 Å². The molecule has 0 aliphatic carbocycles. The van der Waals surface area contributed by atoms with Crippen molar-refractivity contribution in [2.45, 2.75) is 181 Å². The highest BCUT2D eigenvalue weighted by atomic mass is 30.0. The van der Waals surface area contributed by atoms with E-state index in [2.05, 4.69) is 137 Å². The Hall–Kier alpha value is 1.30. The van der Waals surface area contributed by atoms with Gasteiger partial charge in [0.05, 0.1) is 30.4 Å². The summed E-state index contributed by atoms with van der Waals surface area (Å²) < 4.78 is 0. The molecule has 34 heavy (non-hydrogen) atoms. The molecular formula is C28H68Si6. The van der Waals surface area contributed by atoms with Crippen LogP contribution >= 0.6 is 0 Å². The van der Waals surface area contributed by atoms with E-state index in [4.69, 9.17) is 0 Å². The monoisotopic (exact) mass is 572 g/mol. The first-order chi connectivity index (χ1) is 15.0. The average Bonchev–Trinajstić information content (AvgIpc) is 2.68. The van der Waals surface area contributed by atoms with Gasteiger partial charge in [-0.15, -0.1) is 0 Å². The molecular weight excluding hydrogens is 505 g/mol. The van der Waals surface area contributed by atoms with Crippen molar-refractivity contribution in [3.63, 3.8) is 0 Å². The predicted molar refractivity (Wildman–Crippen MR) is 179 cm³/mol. The smallest absolute Gasteiger partial charge is 0.0582 e. The average molecular weight is 573 g/mol. The van der Waals surface area contributed by atoms with E-state index in [0.29, 0.717) is 0 Å². The molecule has 0 radical (unpaired) electrons. The van der Waals surface area contributed by atoms with Crippen LogP contribution in [0.5, 0.6) is 0 Å². The van der Waals surface area contributed by atoms with Gasteiger partial charge < -0.3 is 0 Å². The summed E-state index contributed by atoms with van der Waals surface area (Å²) in [5, 5.41) is 0. The van der Waals surface area contributed by atoms with Gasteiger partial charge in [0, 0.05) is 0 Å². The van der Waals surface area contributed by atoms with Gasteiger partial charge in [0.15, 0.2) is 0 Å². The Morgan fingerprint density at radius 1 is 0.265 bits per heavy atom. The molecule has 0 aliphatic rings. The Kier molecular flexibility index (Phi) is 12.9. The van der Waals surface area contributed by atoms with E-state index in [1.165, 1.54) is 0 Å². The molecule has 6 heteroatoms. The van der Waals surface area contributed by atoms with Crippen LogP contribution in [0.2, 0.25) is 70.5 Å². The highest BCUT2D eigenvalue weighted by Crippen LogP contribution is 2.48. The molecule has 204 valence electrons. The van der Waals surface area contributed by atoms with Crippen LogP contribution in [0.4, 0.5) is 0 Å². The largest absolute Gasteiger partial charge is 0.0688 e. The van der Waals surface area contributed by atoms with Crippen molar-refractivity contribution in [3.05, 3.63) is 0 Å². The summed E-state index contributed by atoms with van der Waals surface area (Å²) in [6.45, 7) is 53.9. The first-order valence-corrected chi connectivity index (χ1v) is 33.4. The van der Waals surface area contributed by atoms with E-state index in [9.17, 15) is 0 Å². The Morgan fingerprint density at radius 2 is 0.353 bits per heavy atom. The first kappa shape index (κ1) is 35.3. The summed E-state index contributed by atoms with van der Waals surface area (Å²) in [7, 11) is -5.93. The zero-order valence-corrected chi connectivity index (χ0v) is 33.6. The maximum atomic E-state index is 2.97. The Labute approximate surface area is 224 Å². The maximum Gasteiger partial charge on any atom is 0.0582 e. The molecule has 0 unspecified atom stereocenters. The van der Waals surface area contributed by atoms with Crippen molar-refractivity contribution >= 4 is 44.2 Å². The van der Waals surface area contributed by atoms with Gasteiger partial charge in [-0.05, 0) is 13.9 Å².